The first-order chi connectivity index (χ1) is 12.2. The molecule has 1 amide bonds. The van der Waals surface area contributed by atoms with Crippen LogP contribution in [-0.2, 0) is 9.47 Å². The topological polar surface area (TPSA) is 69.0 Å². The quantitative estimate of drug-likeness (QED) is 0.752. The van der Waals surface area contributed by atoms with Gasteiger partial charge in [-0.2, -0.15) is 0 Å². The lowest BCUT2D eigenvalue weighted by molar-refractivity contribution is 0.0320. The number of hydrogen-bond donors (Lipinski definition) is 0. The Labute approximate surface area is 146 Å². The molecule has 2 heterocycles. The summed E-state index contributed by atoms with van der Waals surface area (Å²) < 4.78 is 16.2. The molecule has 134 valence electrons. The summed E-state index contributed by atoms with van der Waals surface area (Å²) in [5.41, 5.74) is 0.256. The van der Waals surface area contributed by atoms with Crippen molar-refractivity contribution < 1.29 is 18.7 Å². The van der Waals surface area contributed by atoms with Gasteiger partial charge >= 0.3 is 0 Å². The van der Waals surface area contributed by atoms with E-state index in [-0.39, 0.29) is 17.1 Å². The predicted octanol–water partition coefficient (Wildman–Crippen LogP) is 2.31. The second-order valence-electron chi connectivity index (χ2n) is 6.27. The first-order valence-electron chi connectivity index (χ1n) is 8.58. The van der Waals surface area contributed by atoms with E-state index in [0.29, 0.717) is 49.8 Å². The Morgan fingerprint density at radius 3 is 2.76 bits per heavy atom. The molecule has 0 bridgehead atoms. The molecule has 3 rings (SSSR count). The fourth-order valence-corrected chi connectivity index (χ4v) is 3.06. The van der Waals surface area contributed by atoms with Crippen LogP contribution in [0.4, 0.5) is 0 Å². The van der Waals surface area contributed by atoms with Crippen LogP contribution in [-0.4, -0.2) is 50.8 Å². The molecule has 0 unspecified atom stereocenters. The van der Waals surface area contributed by atoms with Crippen LogP contribution >= 0.6 is 0 Å². The zero-order valence-corrected chi connectivity index (χ0v) is 14.4. The number of rotatable bonds is 6. The second-order valence-corrected chi connectivity index (χ2v) is 6.27. The van der Waals surface area contributed by atoms with Gasteiger partial charge in [-0.3, -0.25) is 9.59 Å². The van der Waals surface area contributed by atoms with Crippen molar-refractivity contribution in [1.29, 1.82) is 0 Å². The molecule has 1 aliphatic rings. The molecular formula is C19H23NO5. The molecule has 0 N–H and O–H groups in total. The molecule has 1 aromatic carbocycles. The van der Waals surface area contributed by atoms with Crippen LogP contribution < -0.4 is 5.43 Å². The van der Waals surface area contributed by atoms with Gasteiger partial charge in [-0.15, -0.1) is 0 Å². The Kier molecular flexibility index (Phi) is 5.83. The highest BCUT2D eigenvalue weighted by Crippen LogP contribution is 2.20. The number of likely N-dealkylation sites (tertiary alicyclic amines) is 1. The molecular weight excluding hydrogens is 322 g/mol. The smallest absolute Gasteiger partial charge is 0.289 e. The van der Waals surface area contributed by atoms with E-state index < -0.39 is 0 Å². The van der Waals surface area contributed by atoms with Crippen LogP contribution in [0.1, 0.15) is 23.4 Å². The van der Waals surface area contributed by atoms with Crippen LogP contribution in [0.3, 0.4) is 0 Å². The number of carbonyl (C=O) groups excluding carboxylic acids is 1. The summed E-state index contributed by atoms with van der Waals surface area (Å²) in [6, 6.07) is 8.26. The summed E-state index contributed by atoms with van der Waals surface area (Å²) in [5, 5.41) is 0.492. The lowest BCUT2D eigenvalue weighted by Crippen LogP contribution is -2.39. The van der Waals surface area contributed by atoms with Crippen LogP contribution in [0.25, 0.3) is 11.0 Å². The van der Waals surface area contributed by atoms with Gasteiger partial charge in [0.15, 0.2) is 11.2 Å². The van der Waals surface area contributed by atoms with Gasteiger partial charge in [0, 0.05) is 32.9 Å². The van der Waals surface area contributed by atoms with Crippen molar-refractivity contribution in [3.05, 3.63) is 46.3 Å². The summed E-state index contributed by atoms with van der Waals surface area (Å²) in [7, 11) is 1.65. The lowest BCUT2D eigenvalue weighted by atomic mass is 9.97. The molecule has 25 heavy (non-hydrogen) atoms. The number of para-hydroxylation sites is 1. The van der Waals surface area contributed by atoms with E-state index >= 15 is 0 Å². The Morgan fingerprint density at radius 2 is 2.00 bits per heavy atom. The fraction of sp³-hybridized carbons (Fsp3) is 0.474. The SMILES string of the molecule is COCCOCC1CCN(C(=O)c2cc(=O)c3ccccc3o2)CC1. The van der Waals surface area contributed by atoms with Crippen LogP contribution in [0, 0.1) is 5.92 Å². The van der Waals surface area contributed by atoms with Crippen molar-refractivity contribution in [2.45, 2.75) is 12.8 Å². The van der Waals surface area contributed by atoms with Gasteiger partial charge in [0.05, 0.1) is 18.6 Å². The highest BCUT2D eigenvalue weighted by molar-refractivity contribution is 5.93. The minimum Gasteiger partial charge on any atom is -0.451 e. The highest BCUT2D eigenvalue weighted by atomic mass is 16.5. The number of methoxy groups -OCH3 is 1. The lowest BCUT2D eigenvalue weighted by Gasteiger charge is -2.31. The average Bonchev–Trinajstić information content (AvgIpc) is 2.65. The molecule has 1 aromatic heterocycles. The third-order valence-corrected chi connectivity index (χ3v) is 4.53. The molecule has 1 saturated heterocycles. The van der Waals surface area contributed by atoms with E-state index in [2.05, 4.69) is 0 Å². The first kappa shape index (κ1) is 17.6. The summed E-state index contributed by atoms with van der Waals surface area (Å²) in [6.07, 6.45) is 1.77. The number of ether oxygens (including phenoxy) is 2. The van der Waals surface area contributed by atoms with Crippen molar-refractivity contribution in [1.82, 2.24) is 4.90 Å². The van der Waals surface area contributed by atoms with Gasteiger partial charge in [-0.1, -0.05) is 12.1 Å². The maximum Gasteiger partial charge on any atom is 0.289 e. The van der Waals surface area contributed by atoms with Crippen molar-refractivity contribution in [3.8, 4) is 0 Å². The van der Waals surface area contributed by atoms with Crippen molar-refractivity contribution in [3.63, 3.8) is 0 Å². The summed E-state index contributed by atoms with van der Waals surface area (Å²) in [4.78, 5) is 26.5. The minimum absolute atomic E-state index is 0.110. The molecule has 0 spiro atoms. The normalized spacial score (nSPS) is 15.6. The molecule has 0 atom stereocenters. The number of piperidine rings is 1. The molecule has 0 saturated carbocycles. The largest absolute Gasteiger partial charge is 0.451 e. The summed E-state index contributed by atoms with van der Waals surface area (Å²) in [5.74, 6) is 0.338. The standard InChI is InChI=1S/C19H23NO5/c1-23-10-11-24-13-14-6-8-20(9-7-14)19(22)18-12-16(21)15-4-2-3-5-17(15)25-18/h2-5,12,14H,6-11,13H2,1H3. The Balaban J connectivity index is 1.60. The Bertz CT molecular complexity index is 777. The van der Waals surface area contributed by atoms with Crippen molar-refractivity contribution in [2.24, 2.45) is 5.92 Å². The van der Waals surface area contributed by atoms with E-state index in [1.54, 1.807) is 36.3 Å². The third-order valence-electron chi connectivity index (χ3n) is 4.53. The van der Waals surface area contributed by atoms with Gasteiger partial charge in [0.2, 0.25) is 0 Å². The van der Waals surface area contributed by atoms with Gasteiger partial charge < -0.3 is 18.8 Å². The zero-order chi connectivity index (χ0) is 17.6. The Hall–Kier alpha value is -2.18. The molecule has 0 aliphatic carbocycles. The van der Waals surface area contributed by atoms with E-state index in [0.717, 1.165) is 12.8 Å². The maximum atomic E-state index is 12.6. The number of nitrogens with zero attached hydrogens (tertiary/aromatic N) is 1. The van der Waals surface area contributed by atoms with Gasteiger partial charge in [0.1, 0.15) is 5.58 Å². The second kappa shape index (κ2) is 8.27. The number of fused-ring (bicyclic) bond motifs is 1. The van der Waals surface area contributed by atoms with Crippen LogP contribution in [0.2, 0.25) is 0 Å². The minimum atomic E-state index is -0.221. The summed E-state index contributed by atoms with van der Waals surface area (Å²) in [6.45, 7) is 3.17. The van der Waals surface area contributed by atoms with Crippen LogP contribution in [0.5, 0.6) is 0 Å². The fourth-order valence-electron chi connectivity index (χ4n) is 3.06. The maximum absolute atomic E-state index is 12.6. The van der Waals surface area contributed by atoms with Crippen molar-refractivity contribution in [2.75, 3.05) is 40.0 Å². The van der Waals surface area contributed by atoms with E-state index in [1.165, 1.54) is 6.07 Å². The van der Waals surface area contributed by atoms with Gasteiger partial charge in [-0.25, -0.2) is 0 Å². The molecule has 1 aliphatic heterocycles. The van der Waals surface area contributed by atoms with Gasteiger partial charge in [-0.05, 0) is 30.9 Å². The Morgan fingerprint density at radius 1 is 1.24 bits per heavy atom. The molecule has 1 fully saturated rings. The molecule has 0 radical (unpaired) electrons. The number of hydrogen-bond acceptors (Lipinski definition) is 5. The van der Waals surface area contributed by atoms with Gasteiger partial charge in [0.25, 0.3) is 5.91 Å². The highest BCUT2D eigenvalue weighted by Gasteiger charge is 2.25. The third kappa shape index (κ3) is 4.27. The van der Waals surface area contributed by atoms with Crippen LogP contribution in [0.15, 0.2) is 39.5 Å². The number of amides is 1. The zero-order valence-electron chi connectivity index (χ0n) is 14.4. The monoisotopic (exact) mass is 345 g/mol. The molecule has 2 aromatic rings. The molecule has 6 nitrogen and oxygen atoms in total. The molecule has 6 heteroatoms. The summed E-state index contributed by atoms with van der Waals surface area (Å²) >= 11 is 0. The first-order valence-corrected chi connectivity index (χ1v) is 8.58. The van der Waals surface area contributed by atoms with E-state index in [1.807, 2.05) is 0 Å². The van der Waals surface area contributed by atoms with E-state index in [4.69, 9.17) is 13.9 Å². The predicted molar refractivity (Wildman–Crippen MR) is 93.8 cm³/mol. The van der Waals surface area contributed by atoms with E-state index in [9.17, 15) is 9.59 Å². The average molecular weight is 345 g/mol. The number of carbonyl (C=O) groups is 1. The van der Waals surface area contributed by atoms with Crippen molar-refractivity contribution >= 4 is 16.9 Å². The number of benzene rings is 1.